The molecule has 2 nitrogen and oxygen atoms in total. The van der Waals surface area contributed by atoms with Crippen LogP contribution in [0.5, 0.6) is 0 Å². The average molecular weight is 287 g/mol. The number of alkyl halides is 1. The minimum Gasteiger partial charge on any atom is -0.441 e. The van der Waals surface area contributed by atoms with Crippen LogP contribution in [0.3, 0.4) is 0 Å². The molecule has 0 bridgehead atoms. The summed E-state index contributed by atoms with van der Waals surface area (Å²) < 4.78 is 18.8. The molecule has 1 saturated carbocycles. The molecule has 1 unspecified atom stereocenters. The van der Waals surface area contributed by atoms with Crippen molar-refractivity contribution >= 4 is 17.6 Å². The Morgan fingerprint density at radius 3 is 2.37 bits per heavy atom. The van der Waals surface area contributed by atoms with Crippen LogP contribution in [0.4, 0.5) is 4.39 Å². The number of esters is 1. The van der Waals surface area contributed by atoms with E-state index in [1.165, 1.54) is 6.08 Å². The second-order valence-corrected chi connectivity index (χ2v) is 6.30. The summed E-state index contributed by atoms with van der Waals surface area (Å²) in [5.41, 5.74) is -0.306. The van der Waals surface area contributed by atoms with Crippen LogP contribution in [-0.2, 0) is 9.53 Å². The van der Waals surface area contributed by atoms with Gasteiger partial charge in [0.05, 0.1) is 5.92 Å². The molecule has 0 spiro atoms. The first-order chi connectivity index (χ1) is 8.70. The molecule has 0 heterocycles. The van der Waals surface area contributed by atoms with Crippen molar-refractivity contribution in [2.75, 3.05) is 5.88 Å². The van der Waals surface area contributed by atoms with Gasteiger partial charge in [-0.05, 0) is 23.3 Å². The lowest BCUT2D eigenvalue weighted by molar-refractivity contribution is -0.148. The van der Waals surface area contributed by atoms with Crippen LogP contribution in [0, 0.1) is 29.1 Å². The Morgan fingerprint density at radius 1 is 1.47 bits per heavy atom. The third-order valence-corrected chi connectivity index (χ3v) is 4.56. The predicted molar refractivity (Wildman–Crippen MR) is 74.3 cm³/mol. The Bertz CT molecular complexity index is 418. The highest BCUT2D eigenvalue weighted by Crippen LogP contribution is 2.68. The highest BCUT2D eigenvalue weighted by Gasteiger charge is 2.69. The van der Waals surface area contributed by atoms with Crippen molar-refractivity contribution < 1.29 is 13.9 Å². The van der Waals surface area contributed by atoms with Gasteiger partial charge in [0.2, 0.25) is 6.10 Å². The van der Waals surface area contributed by atoms with Gasteiger partial charge < -0.3 is 4.74 Å². The number of allylic oxidation sites excluding steroid dienone is 1. The molecule has 1 fully saturated rings. The van der Waals surface area contributed by atoms with E-state index in [1.54, 1.807) is 0 Å². The number of halogens is 2. The maximum atomic E-state index is 13.7. The molecule has 0 aromatic rings. The molecule has 1 rings (SSSR count). The number of hydrogen-bond donors (Lipinski definition) is 0. The zero-order valence-electron chi connectivity index (χ0n) is 11.8. The van der Waals surface area contributed by atoms with Crippen LogP contribution in [0.25, 0.3) is 0 Å². The molecule has 0 N–H and O–H groups in total. The van der Waals surface area contributed by atoms with Gasteiger partial charge in [-0.1, -0.05) is 33.6 Å². The molecular formula is C15H20ClFO2. The molecule has 1 aliphatic rings. The molecule has 1 aliphatic carbocycles. The second kappa shape index (κ2) is 5.54. The first-order valence-corrected chi connectivity index (χ1v) is 6.81. The number of carbonyl (C=O) groups excluding carboxylic acids is 1. The van der Waals surface area contributed by atoms with Gasteiger partial charge in [-0.25, -0.2) is 4.39 Å². The van der Waals surface area contributed by atoms with E-state index in [0.29, 0.717) is 12.3 Å². The summed E-state index contributed by atoms with van der Waals surface area (Å²) in [6.07, 6.45) is 5.57. The Morgan fingerprint density at radius 2 is 2.00 bits per heavy atom. The molecule has 0 amide bonds. The Balaban J connectivity index is 2.70. The van der Waals surface area contributed by atoms with Gasteiger partial charge in [0.25, 0.3) is 0 Å². The highest BCUT2D eigenvalue weighted by atomic mass is 35.5. The van der Waals surface area contributed by atoms with Crippen LogP contribution in [-0.4, -0.2) is 18.0 Å². The van der Waals surface area contributed by atoms with E-state index in [2.05, 4.69) is 5.92 Å². The second-order valence-electron chi connectivity index (χ2n) is 5.93. The standard InChI is InChI=1S/C15H20ClFO2/c1-6-11(10(17)8-7-9-16)19-13(18)12-14(2,3)15(12,4)5/h1,8,11-12H,7,9H2,2-5H3/b10-8-. The third-order valence-electron chi connectivity index (χ3n) is 4.34. The molecule has 0 aromatic carbocycles. The number of terminal acetylenes is 1. The minimum atomic E-state index is -1.25. The normalized spacial score (nSPS) is 22.5. The summed E-state index contributed by atoms with van der Waals surface area (Å²) >= 11 is 5.46. The molecule has 19 heavy (non-hydrogen) atoms. The minimum absolute atomic E-state index is 0.153. The van der Waals surface area contributed by atoms with Gasteiger partial charge in [-0.3, -0.25) is 4.79 Å². The maximum Gasteiger partial charge on any atom is 0.311 e. The summed E-state index contributed by atoms with van der Waals surface area (Å²) in [6, 6.07) is 0. The Hall–Kier alpha value is -1.01. The number of ether oxygens (including phenoxy) is 1. The van der Waals surface area contributed by atoms with Crippen LogP contribution in [0.1, 0.15) is 34.1 Å². The van der Waals surface area contributed by atoms with Crippen LogP contribution in [0.2, 0.25) is 0 Å². The summed E-state index contributed by atoms with van der Waals surface area (Å²) in [7, 11) is 0. The zero-order valence-corrected chi connectivity index (χ0v) is 12.6. The first-order valence-electron chi connectivity index (χ1n) is 6.28. The van der Waals surface area contributed by atoms with Crippen LogP contribution in [0.15, 0.2) is 11.9 Å². The first kappa shape index (κ1) is 16.0. The van der Waals surface area contributed by atoms with Gasteiger partial charge >= 0.3 is 5.97 Å². The topological polar surface area (TPSA) is 26.3 Å². The summed E-state index contributed by atoms with van der Waals surface area (Å²) in [4.78, 5) is 12.0. The largest absolute Gasteiger partial charge is 0.441 e. The summed E-state index contributed by atoms with van der Waals surface area (Å²) in [5, 5.41) is 0. The van der Waals surface area contributed by atoms with E-state index < -0.39 is 17.9 Å². The van der Waals surface area contributed by atoms with Crippen LogP contribution >= 0.6 is 11.6 Å². The van der Waals surface area contributed by atoms with Gasteiger partial charge in [0.1, 0.15) is 5.83 Å². The van der Waals surface area contributed by atoms with Crippen molar-refractivity contribution in [3.8, 4) is 12.3 Å². The van der Waals surface area contributed by atoms with Gasteiger partial charge in [-0.15, -0.1) is 18.0 Å². The molecule has 4 heteroatoms. The Kier molecular flexibility index (Phi) is 4.68. The van der Waals surface area contributed by atoms with Crippen molar-refractivity contribution in [1.82, 2.24) is 0 Å². The lowest BCUT2D eigenvalue weighted by Gasteiger charge is -2.11. The van der Waals surface area contributed by atoms with E-state index in [4.69, 9.17) is 22.8 Å². The lowest BCUT2D eigenvalue weighted by Crippen LogP contribution is -2.20. The lowest BCUT2D eigenvalue weighted by atomic mass is 10.0. The quantitative estimate of drug-likeness (QED) is 0.438. The average Bonchev–Trinajstić information content (AvgIpc) is 2.73. The van der Waals surface area contributed by atoms with E-state index in [-0.39, 0.29) is 16.7 Å². The third kappa shape index (κ3) is 2.95. The van der Waals surface area contributed by atoms with Crippen molar-refractivity contribution in [1.29, 1.82) is 0 Å². The van der Waals surface area contributed by atoms with Crippen molar-refractivity contribution in [2.24, 2.45) is 16.7 Å². The molecule has 0 aliphatic heterocycles. The van der Waals surface area contributed by atoms with Crippen molar-refractivity contribution in [2.45, 2.75) is 40.2 Å². The number of rotatable bonds is 5. The van der Waals surface area contributed by atoms with Gasteiger partial charge in [0, 0.05) is 5.88 Å². The van der Waals surface area contributed by atoms with E-state index in [0.717, 1.165) is 0 Å². The molecule has 106 valence electrons. The van der Waals surface area contributed by atoms with Crippen molar-refractivity contribution in [3.63, 3.8) is 0 Å². The highest BCUT2D eigenvalue weighted by molar-refractivity contribution is 6.17. The molecule has 0 saturated heterocycles. The summed E-state index contributed by atoms with van der Waals surface area (Å²) in [5.74, 6) is 1.12. The zero-order chi connectivity index (χ0) is 14.8. The van der Waals surface area contributed by atoms with Crippen LogP contribution < -0.4 is 0 Å². The fourth-order valence-corrected chi connectivity index (χ4v) is 2.55. The number of carbonyl (C=O) groups is 1. The molecule has 1 atom stereocenters. The van der Waals surface area contributed by atoms with Gasteiger partial charge in [0.15, 0.2) is 0 Å². The molecular weight excluding hydrogens is 267 g/mol. The van der Waals surface area contributed by atoms with E-state index in [1.807, 2.05) is 27.7 Å². The molecule has 0 radical (unpaired) electrons. The van der Waals surface area contributed by atoms with Crippen molar-refractivity contribution in [3.05, 3.63) is 11.9 Å². The van der Waals surface area contributed by atoms with Gasteiger partial charge in [-0.2, -0.15) is 0 Å². The Labute approximate surface area is 119 Å². The summed E-state index contributed by atoms with van der Waals surface area (Å²) in [6.45, 7) is 7.96. The van der Waals surface area contributed by atoms with E-state index in [9.17, 15) is 9.18 Å². The maximum absolute atomic E-state index is 13.7. The smallest absolute Gasteiger partial charge is 0.311 e. The SMILES string of the molecule is C#CC(OC(=O)C1C(C)(C)C1(C)C)/C(F)=C/CCCl. The number of hydrogen-bond acceptors (Lipinski definition) is 2. The predicted octanol–water partition coefficient (Wildman–Crippen LogP) is 3.70. The monoisotopic (exact) mass is 286 g/mol. The fourth-order valence-electron chi connectivity index (χ4n) is 2.44. The fraction of sp³-hybridized carbons (Fsp3) is 0.667. The molecule has 0 aromatic heterocycles. The van der Waals surface area contributed by atoms with E-state index >= 15 is 0 Å².